The van der Waals surface area contributed by atoms with Crippen LogP contribution in [-0.2, 0) is 16.0 Å². The van der Waals surface area contributed by atoms with Crippen molar-refractivity contribution in [2.24, 2.45) is 5.92 Å². The van der Waals surface area contributed by atoms with Gasteiger partial charge in [0.25, 0.3) is 0 Å². The van der Waals surface area contributed by atoms with Gasteiger partial charge in [0.15, 0.2) is 11.5 Å². The molecule has 9 heteroatoms. The molecule has 0 aromatic heterocycles. The van der Waals surface area contributed by atoms with Crippen LogP contribution in [0.4, 0.5) is 0 Å². The van der Waals surface area contributed by atoms with Crippen LogP contribution >= 0.6 is 0 Å². The molecule has 1 amide bonds. The summed E-state index contributed by atoms with van der Waals surface area (Å²) in [4.78, 5) is 32.8. The predicted octanol–water partition coefficient (Wildman–Crippen LogP) is 4.15. The van der Waals surface area contributed by atoms with E-state index in [2.05, 4.69) is 22.8 Å². The molecule has 9 nitrogen and oxygen atoms in total. The van der Waals surface area contributed by atoms with E-state index in [4.69, 9.17) is 14.2 Å². The number of fused-ring (bicyclic) bond motifs is 1. The molecular weight excluding hydrogens is 534 g/mol. The lowest BCUT2D eigenvalue weighted by atomic mass is 9.83. The van der Waals surface area contributed by atoms with Crippen LogP contribution in [0.25, 0.3) is 0 Å². The van der Waals surface area contributed by atoms with E-state index < -0.39 is 11.9 Å². The van der Waals surface area contributed by atoms with Crippen LogP contribution in [0.1, 0.15) is 49.7 Å². The zero-order valence-corrected chi connectivity index (χ0v) is 25.6. The molecule has 1 fully saturated rings. The molecule has 3 unspecified atom stereocenters. The molecule has 2 aromatic rings. The van der Waals surface area contributed by atoms with Crippen LogP contribution in [0, 0.1) is 5.92 Å². The van der Waals surface area contributed by atoms with Crippen molar-refractivity contribution >= 4 is 11.9 Å². The third kappa shape index (κ3) is 7.95. The largest absolute Gasteiger partial charge is 0.493 e. The first-order valence-electron chi connectivity index (χ1n) is 15.2. The van der Waals surface area contributed by atoms with E-state index in [1.165, 1.54) is 0 Å². The Morgan fingerprint density at radius 3 is 2.55 bits per heavy atom. The van der Waals surface area contributed by atoms with Gasteiger partial charge in [-0.05, 0) is 69.2 Å². The second kappa shape index (κ2) is 15.3. The number of amides is 1. The smallest absolute Gasteiger partial charge is 0.308 e. The van der Waals surface area contributed by atoms with E-state index in [1.54, 1.807) is 7.11 Å². The lowest BCUT2D eigenvalue weighted by molar-refractivity contribution is -0.144. The van der Waals surface area contributed by atoms with Gasteiger partial charge in [0.1, 0.15) is 5.75 Å². The molecule has 0 spiro atoms. The number of carbonyl (C=O) groups is 2. The van der Waals surface area contributed by atoms with E-state index in [0.29, 0.717) is 44.2 Å². The topological polar surface area (TPSA) is 91.8 Å². The summed E-state index contributed by atoms with van der Waals surface area (Å²) in [5.74, 6) is 0.435. The number of ether oxygens (including phenoxy) is 3. The first-order chi connectivity index (χ1) is 20.3. The predicted molar refractivity (Wildman–Crippen MR) is 163 cm³/mol. The minimum absolute atomic E-state index is 0.0602. The van der Waals surface area contributed by atoms with E-state index in [0.717, 1.165) is 55.6 Å². The highest BCUT2D eigenvalue weighted by Gasteiger charge is 2.47. The highest BCUT2D eigenvalue weighted by Crippen LogP contribution is 2.41. The Balaban J connectivity index is 1.56. The normalized spacial score (nSPS) is 19.9. The fourth-order valence-corrected chi connectivity index (χ4v) is 6.22. The van der Waals surface area contributed by atoms with Crippen molar-refractivity contribution in [1.29, 1.82) is 0 Å². The maximum atomic E-state index is 13.7. The van der Waals surface area contributed by atoms with Gasteiger partial charge in [-0.2, -0.15) is 0 Å². The molecule has 1 saturated heterocycles. The number of nitrogens with zero attached hydrogens (tertiary/aromatic N) is 3. The zero-order chi connectivity index (χ0) is 30.1. The molecule has 3 atom stereocenters. The lowest BCUT2D eigenvalue weighted by Gasteiger charge is -2.30. The molecule has 230 valence electrons. The van der Waals surface area contributed by atoms with Crippen LogP contribution < -0.4 is 14.2 Å². The number of hydrogen-bond acceptors (Lipinski definition) is 7. The van der Waals surface area contributed by atoms with Gasteiger partial charge in [0.05, 0.1) is 32.8 Å². The third-order valence-electron chi connectivity index (χ3n) is 8.42. The molecule has 4 rings (SSSR count). The first kappa shape index (κ1) is 31.6. The summed E-state index contributed by atoms with van der Waals surface area (Å²) in [6.45, 7) is 6.11. The minimum atomic E-state index is -0.845. The molecule has 2 aliphatic heterocycles. The molecular formula is C33H47N3O6. The van der Waals surface area contributed by atoms with Crippen LogP contribution in [0.5, 0.6) is 17.2 Å². The summed E-state index contributed by atoms with van der Waals surface area (Å²) in [7, 11) is 5.68. The minimum Gasteiger partial charge on any atom is -0.493 e. The summed E-state index contributed by atoms with van der Waals surface area (Å²) in [5.41, 5.74) is 2.11. The quantitative estimate of drug-likeness (QED) is 0.316. The standard InChI is InChI=1S/C33H47N3O6/c1-5-6-17-35(18-9-16-34(2)3)31(37)23-36-22-26(24-12-13-28-25(21-24)14-19-41-28)32(33(38)39)27(36)15-20-42-30-11-8-7-10-29(30)40-4/h7-8,10-13,21,26-27,32H,5-6,9,14-20,22-23H2,1-4H3,(H,38,39). The Bertz CT molecular complexity index is 1190. The summed E-state index contributed by atoms with van der Waals surface area (Å²) < 4.78 is 17.2. The van der Waals surface area contributed by atoms with Gasteiger partial charge in [0, 0.05) is 38.0 Å². The monoisotopic (exact) mass is 581 g/mol. The number of likely N-dealkylation sites (tertiary alicyclic amines) is 1. The maximum absolute atomic E-state index is 13.7. The second-order valence-electron chi connectivity index (χ2n) is 11.6. The van der Waals surface area contributed by atoms with E-state index >= 15 is 0 Å². The second-order valence-corrected chi connectivity index (χ2v) is 11.6. The van der Waals surface area contributed by atoms with Gasteiger partial charge in [-0.25, -0.2) is 0 Å². The van der Waals surface area contributed by atoms with Crippen molar-refractivity contribution in [3.8, 4) is 17.2 Å². The van der Waals surface area contributed by atoms with E-state index in [-0.39, 0.29) is 24.4 Å². The van der Waals surface area contributed by atoms with Gasteiger partial charge in [-0.1, -0.05) is 37.6 Å². The molecule has 42 heavy (non-hydrogen) atoms. The van der Waals surface area contributed by atoms with E-state index in [9.17, 15) is 14.7 Å². The van der Waals surface area contributed by atoms with Crippen molar-refractivity contribution in [3.05, 3.63) is 53.6 Å². The Labute approximate surface area is 250 Å². The highest BCUT2D eigenvalue weighted by molar-refractivity contribution is 5.79. The number of carboxylic acids is 1. The van der Waals surface area contributed by atoms with Crippen LogP contribution in [0.2, 0.25) is 0 Å². The maximum Gasteiger partial charge on any atom is 0.308 e. The summed E-state index contributed by atoms with van der Waals surface area (Å²) in [6, 6.07) is 13.1. The van der Waals surface area contributed by atoms with Gasteiger partial charge in [0.2, 0.25) is 5.91 Å². The van der Waals surface area contributed by atoms with Crippen molar-refractivity contribution in [2.45, 2.75) is 51.0 Å². The number of benzene rings is 2. The molecule has 2 heterocycles. The van der Waals surface area contributed by atoms with Crippen LogP contribution in [-0.4, -0.2) is 105 Å². The van der Waals surface area contributed by atoms with Crippen molar-refractivity contribution in [3.63, 3.8) is 0 Å². The Hall–Kier alpha value is -3.30. The van der Waals surface area contributed by atoms with Crippen molar-refractivity contribution < 1.29 is 28.9 Å². The zero-order valence-electron chi connectivity index (χ0n) is 25.6. The summed E-state index contributed by atoms with van der Waals surface area (Å²) >= 11 is 0. The number of aliphatic carboxylic acids is 1. The average molecular weight is 582 g/mol. The molecule has 0 aliphatic carbocycles. The molecule has 2 aromatic carbocycles. The Kier molecular flexibility index (Phi) is 11.5. The molecule has 1 N–H and O–H groups in total. The fraction of sp³-hybridized carbons (Fsp3) is 0.576. The van der Waals surface area contributed by atoms with Gasteiger partial charge >= 0.3 is 5.97 Å². The number of para-hydroxylation sites is 2. The fourth-order valence-electron chi connectivity index (χ4n) is 6.22. The number of carboxylic acid groups (broad SMARTS) is 1. The summed E-state index contributed by atoms with van der Waals surface area (Å²) in [5, 5.41) is 10.5. The van der Waals surface area contributed by atoms with Gasteiger partial charge in [-0.15, -0.1) is 0 Å². The molecule has 0 bridgehead atoms. The number of rotatable bonds is 16. The van der Waals surface area contributed by atoms with Gasteiger partial charge in [-0.3, -0.25) is 14.5 Å². The Morgan fingerprint density at radius 1 is 1.07 bits per heavy atom. The molecule has 0 radical (unpaired) electrons. The number of unbranched alkanes of at least 4 members (excludes halogenated alkanes) is 1. The molecule has 2 aliphatic rings. The molecule has 0 saturated carbocycles. The van der Waals surface area contributed by atoms with E-state index in [1.807, 2.05) is 55.4 Å². The average Bonchev–Trinajstić information content (AvgIpc) is 3.59. The number of hydrogen-bond donors (Lipinski definition) is 1. The van der Waals surface area contributed by atoms with Gasteiger partial charge < -0.3 is 29.1 Å². The SMILES string of the molecule is CCCCN(CCCN(C)C)C(=O)CN1CC(c2ccc3c(c2)CCO3)C(C(=O)O)C1CCOc1ccccc1OC. The summed E-state index contributed by atoms with van der Waals surface area (Å²) in [6.07, 6.45) is 4.15. The highest BCUT2D eigenvalue weighted by atomic mass is 16.5. The van der Waals surface area contributed by atoms with Crippen molar-refractivity contribution in [2.75, 3.05) is 67.1 Å². The van der Waals surface area contributed by atoms with Crippen molar-refractivity contribution in [1.82, 2.24) is 14.7 Å². The first-order valence-corrected chi connectivity index (χ1v) is 15.2. The third-order valence-corrected chi connectivity index (χ3v) is 8.42. The number of carbonyl (C=O) groups excluding carboxylic acids is 1. The Morgan fingerprint density at radius 2 is 1.83 bits per heavy atom. The lowest BCUT2D eigenvalue weighted by Crippen LogP contribution is -2.45. The van der Waals surface area contributed by atoms with Crippen LogP contribution in [0.15, 0.2) is 42.5 Å². The number of methoxy groups -OCH3 is 1. The van der Waals surface area contributed by atoms with Crippen LogP contribution in [0.3, 0.4) is 0 Å².